The van der Waals surface area contributed by atoms with E-state index in [0.717, 1.165) is 66.4 Å². The molecule has 9 aromatic rings. The van der Waals surface area contributed by atoms with Gasteiger partial charge in [0.2, 0.25) is 5.89 Å². The average molecular weight is 619 g/mol. The number of oxazole rings is 1. The van der Waals surface area contributed by atoms with Crippen LogP contribution in [0, 0.1) is 0 Å². The number of rotatable bonds is 4. The van der Waals surface area contributed by atoms with Crippen LogP contribution in [0.25, 0.3) is 66.4 Å². The highest BCUT2D eigenvalue weighted by molar-refractivity contribution is 6.12. The van der Waals surface area contributed by atoms with Gasteiger partial charge in [-0.2, -0.15) is 0 Å². The van der Waals surface area contributed by atoms with Crippen molar-refractivity contribution >= 4 is 60.9 Å². The van der Waals surface area contributed by atoms with E-state index in [0.29, 0.717) is 5.89 Å². The molecule has 1 aliphatic rings. The first-order valence-corrected chi connectivity index (χ1v) is 16.4. The molecule has 0 fully saturated rings. The maximum atomic E-state index is 6.63. The minimum atomic E-state index is -0.0879. The Morgan fingerprint density at radius 2 is 1.23 bits per heavy atom. The monoisotopic (exact) mass is 618 g/mol. The fourth-order valence-corrected chi connectivity index (χ4v) is 7.72. The largest absolute Gasteiger partial charge is 0.456 e. The Hall–Kier alpha value is -6.13. The van der Waals surface area contributed by atoms with E-state index in [4.69, 9.17) is 13.8 Å². The standard InChI is InChI=1S/C44H30N2O2/c1-44(2)36-18-10-8-16-32(36)35-25-29(21-23-37(35)44)46(30-20-22-34-33-17-9-11-19-39(33)47-40(34)26-30)38-24-28-14-6-7-15-31(28)42-41(38)45-43(48-42)27-12-4-3-5-13-27/h3-26H,1-2H3. The molecular formula is C44H30N2O2. The second kappa shape index (κ2) is 9.93. The third-order valence-corrected chi connectivity index (χ3v) is 10.1. The van der Waals surface area contributed by atoms with Crippen molar-refractivity contribution in [2.24, 2.45) is 0 Å². The van der Waals surface area contributed by atoms with Crippen LogP contribution >= 0.6 is 0 Å². The summed E-state index contributed by atoms with van der Waals surface area (Å²) in [5, 5.41) is 4.32. The van der Waals surface area contributed by atoms with Crippen LogP contribution in [-0.4, -0.2) is 4.98 Å². The molecule has 228 valence electrons. The van der Waals surface area contributed by atoms with E-state index in [-0.39, 0.29) is 5.41 Å². The number of aromatic nitrogens is 1. The Balaban J connectivity index is 1.27. The number of benzene rings is 7. The summed E-state index contributed by atoms with van der Waals surface area (Å²) in [6, 6.07) is 51.1. The van der Waals surface area contributed by atoms with E-state index in [9.17, 15) is 0 Å². The van der Waals surface area contributed by atoms with Crippen LogP contribution in [-0.2, 0) is 5.41 Å². The van der Waals surface area contributed by atoms with Gasteiger partial charge in [-0.3, -0.25) is 0 Å². The van der Waals surface area contributed by atoms with E-state index >= 15 is 0 Å². The summed E-state index contributed by atoms with van der Waals surface area (Å²) in [5.74, 6) is 0.598. The van der Waals surface area contributed by atoms with Crippen molar-refractivity contribution in [1.82, 2.24) is 4.98 Å². The van der Waals surface area contributed by atoms with Gasteiger partial charge in [0.15, 0.2) is 5.58 Å². The second-order valence-electron chi connectivity index (χ2n) is 13.2. The molecule has 1 aliphatic carbocycles. The Labute approximate surface area is 277 Å². The molecule has 0 aliphatic heterocycles. The van der Waals surface area contributed by atoms with E-state index in [1.165, 1.54) is 22.3 Å². The van der Waals surface area contributed by atoms with E-state index < -0.39 is 0 Å². The van der Waals surface area contributed by atoms with E-state index in [2.05, 4.69) is 122 Å². The van der Waals surface area contributed by atoms with Crippen molar-refractivity contribution in [3.8, 4) is 22.6 Å². The van der Waals surface area contributed by atoms with Gasteiger partial charge in [-0.1, -0.05) is 105 Å². The molecule has 4 heteroatoms. The van der Waals surface area contributed by atoms with E-state index in [1.807, 2.05) is 42.5 Å². The van der Waals surface area contributed by atoms with Crippen LogP contribution in [0.5, 0.6) is 0 Å². The lowest BCUT2D eigenvalue weighted by Gasteiger charge is -2.27. The zero-order valence-electron chi connectivity index (χ0n) is 26.6. The molecule has 0 N–H and O–H groups in total. The molecule has 0 unspecified atom stereocenters. The zero-order chi connectivity index (χ0) is 32.0. The summed E-state index contributed by atoms with van der Waals surface area (Å²) >= 11 is 0. The summed E-state index contributed by atoms with van der Waals surface area (Å²) in [5.41, 5.74) is 12.3. The third kappa shape index (κ3) is 3.86. The molecule has 0 saturated heterocycles. The van der Waals surface area contributed by atoms with Crippen molar-refractivity contribution in [2.75, 3.05) is 4.90 Å². The molecule has 4 nitrogen and oxygen atoms in total. The van der Waals surface area contributed by atoms with Crippen molar-refractivity contribution in [3.05, 3.63) is 157 Å². The topological polar surface area (TPSA) is 42.4 Å². The second-order valence-corrected chi connectivity index (χ2v) is 13.2. The maximum Gasteiger partial charge on any atom is 0.227 e. The molecular weight excluding hydrogens is 588 g/mol. The SMILES string of the molecule is CC1(C)c2ccccc2-c2cc(N(c3ccc4c(c3)oc3ccccc34)c3cc4ccccc4c4oc(-c5ccccc5)nc34)ccc21. The first-order chi connectivity index (χ1) is 23.5. The van der Waals surface area contributed by atoms with Crippen LogP contribution in [0.2, 0.25) is 0 Å². The molecule has 2 heterocycles. The van der Waals surface area contributed by atoms with Crippen molar-refractivity contribution in [2.45, 2.75) is 19.3 Å². The maximum absolute atomic E-state index is 6.63. The number of fused-ring (bicyclic) bond motifs is 9. The first kappa shape index (κ1) is 27.0. The lowest BCUT2D eigenvalue weighted by Crippen LogP contribution is -2.15. The van der Waals surface area contributed by atoms with Gasteiger partial charge in [0.1, 0.15) is 16.7 Å². The van der Waals surface area contributed by atoms with Gasteiger partial charge >= 0.3 is 0 Å². The van der Waals surface area contributed by atoms with Crippen molar-refractivity contribution in [1.29, 1.82) is 0 Å². The molecule has 0 atom stereocenters. The number of para-hydroxylation sites is 1. The highest BCUT2D eigenvalue weighted by atomic mass is 16.3. The Kier molecular flexibility index (Phi) is 5.59. The van der Waals surface area contributed by atoms with Crippen LogP contribution < -0.4 is 4.90 Å². The van der Waals surface area contributed by atoms with Crippen LogP contribution in [0.3, 0.4) is 0 Å². The minimum Gasteiger partial charge on any atom is -0.456 e. The first-order valence-electron chi connectivity index (χ1n) is 16.4. The van der Waals surface area contributed by atoms with Gasteiger partial charge in [-0.25, -0.2) is 4.98 Å². The molecule has 0 saturated carbocycles. The number of hydrogen-bond donors (Lipinski definition) is 0. The predicted octanol–water partition coefficient (Wildman–Crippen LogP) is 12.3. The van der Waals surface area contributed by atoms with Crippen LogP contribution in [0.1, 0.15) is 25.0 Å². The summed E-state index contributed by atoms with van der Waals surface area (Å²) in [4.78, 5) is 7.51. The lowest BCUT2D eigenvalue weighted by molar-refractivity contribution is 0.623. The molecule has 7 aromatic carbocycles. The predicted molar refractivity (Wildman–Crippen MR) is 196 cm³/mol. The lowest BCUT2D eigenvalue weighted by atomic mass is 9.82. The fraction of sp³-hybridized carbons (Fsp3) is 0.0682. The summed E-state index contributed by atoms with van der Waals surface area (Å²) in [6.07, 6.45) is 0. The number of furan rings is 1. The molecule has 0 spiro atoms. The summed E-state index contributed by atoms with van der Waals surface area (Å²) in [6.45, 7) is 4.63. The number of nitrogens with zero attached hydrogens (tertiary/aromatic N) is 2. The number of hydrogen-bond acceptors (Lipinski definition) is 4. The molecule has 10 rings (SSSR count). The van der Waals surface area contributed by atoms with Gasteiger partial charge in [-0.15, -0.1) is 0 Å². The van der Waals surface area contributed by atoms with Crippen molar-refractivity contribution in [3.63, 3.8) is 0 Å². The molecule has 2 aromatic heterocycles. The molecule has 0 bridgehead atoms. The Bertz CT molecular complexity index is 2720. The average Bonchev–Trinajstić information content (AvgIpc) is 3.80. The molecule has 48 heavy (non-hydrogen) atoms. The highest BCUT2D eigenvalue weighted by Crippen LogP contribution is 2.51. The smallest absolute Gasteiger partial charge is 0.227 e. The van der Waals surface area contributed by atoms with Crippen LogP contribution in [0.4, 0.5) is 17.1 Å². The zero-order valence-corrected chi connectivity index (χ0v) is 26.6. The quantitative estimate of drug-likeness (QED) is 0.197. The van der Waals surface area contributed by atoms with Crippen LogP contribution in [0.15, 0.2) is 154 Å². The molecule has 0 radical (unpaired) electrons. The summed E-state index contributed by atoms with van der Waals surface area (Å²) in [7, 11) is 0. The van der Waals surface area contributed by atoms with Gasteiger partial charge in [0, 0.05) is 44.6 Å². The Morgan fingerprint density at radius 1 is 0.542 bits per heavy atom. The van der Waals surface area contributed by atoms with Gasteiger partial charge in [0.25, 0.3) is 0 Å². The van der Waals surface area contributed by atoms with Gasteiger partial charge in [-0.05, 0) is 76.2 Å². The van der Waals surface area contributed by atoms with Gasteiger partial charge in [0.05, 0.1) is 5.69 Å². The highest BCUT2D eigenvalue weighted by Gasteiger charge is 2.36. The van der Waals surface area contributed by atoms with Gasteiger partial charge < -0.3 is 13.7 Å². The number of anilines is 3. The van der Waals surface area contributed by atoms with E-state index in [1.54, 1.807) is 0 Å². The minimum absolute atomic E-state index is 0.0879. The van der Waals surface area contributed by atoms with Crippen molar-refractivity contribution < 1.29 is 8.83 Å². The summed E-state index contributed by atoms with van der Waals surface area (Å²) < 4.78 is 13.1. The molecule has 0 amide bonds. The Morgan fingerprint density at radius 3 is 2.12 bits per heavy atom. The normalized spacial score (nSPS) is 13.4. The fourth-order valence-electron chi connectivity index (χ4n) is 7.72. The third-order valence-electron chi connectivity index (χ3n) is 10.1.